The molecule has 4 heteroatoms. The standard InChI is InChI=1S/C16H11Br2NO/c1-10-4-2-7-13(15(10)18)16(20)14(9-19)11-5-3-6-12(17)8-11/h2-8,14H,1H3. The van der Waals surface area contributed by atoms with Gasteiger partial charge in [-0.05, 0) is 46.1 Å². The van der Waals surface area contributed by atoms with Crippen LogP contribution in [0.1, 0.15) is 27.4 Å². The van der Waals surface area contributed by atoms with Gasteiger partial charge in [-0.1, -0.05) is 46.3 Å². The lowest BCUT2D eigenvalue weighted by Gasteiger charge is -2.11. The number of nitrogens with zero attached hydrogens (tertiary/aromatic N) is 1. The first-order valence-electron chi connectivity index (χ1n) is 5.99. The van der Waals surface area contributed by atoms with Gasteiger partial charge in [0.25, 0.3) is 0 Å². The second-order valence-corrected chi connectivity index (χ2v) is 6.13. The number of carbonyl (C=O) groups is 1. The highest BCUT2D eigenvalue weighted by Crippen LogP contribution is 2.28. The van der Waals surface area contributed by atoms with E-state index in [4.69, 9.17) is 0 Å². The normalized spacial score (nSPS) is 11.7. The molecular formula is C16H11Br2NO. The summed E-state index contributed by atoms with van der Waals surface area (Å²) in [6.07, 6.45) is 0. The summed E-state index contributed by atoms with van der Waals surface area (Å²) in [4.78, 5) is 12.6. The Balaban J connectivity index is 2.45. The van der Waals surface area contributed by atoms with Gasteiger partial charge in [-0.2, -0.15) is 5.26 Å². The minimum absolute atomic E-state index is 0.193. The van der Waals surface area contributed by atoms with Crippen molar-refractivity contribution in [2.75, 3.05) is 0 Å². The lowest BCUT2D eigenvalue weighted by Crippen LogP contribution is -2.12. The minimum atomic E-state index is -0.800. The van der Waals surface area contributed by atoms with Crippen molar-refractivity contribution in [1.29, 1.82) is 5.26 Å². The molecule has 2 rings (SSSR count). The van der Waals surface area contributed by atoms with E-state index >= 15 is 0 Å². The highest BCUT2D eigenvalue weighted by Gasteiger charge is 2.24. The second kappa shape index (κ2) is 6.34. The Bertz CT molecular complexity index is 704. The quantitative estimate of drug-likeness (QED) is 0.688. The van der Waals surface area contributed by atoms with E-state index in [0.29, 0.717) is 11.1 Å². The van der Waals surface area contributed by atoms with Crippen LogP contribution in [-0.2, 0) is 0 Å². The Labute approximate surface area is 134 Å². The average Bonchev–Trinajstić information content (AvgIpc) is 2.42. The molecule has 1 unspecified atom stereocenters. The number of hydrogen-bond donors (Lipinski definition) is 0. The van der Waals surface area contributed by atoms with Gasteiger partial charge in [0.1, 0.15) is 5.92 Å². The predicted molar refractivity (Wildman–Crippen MR) is 85.7 cm³/mol. The van der Waals surface area contributed by atoms with Crippen molar-refractivity contribution in [2.24, 2.45) is 0 Å². The van der Waals surface area contributed by atoms with Crippen molar-refractivity contribution < 1.29 is 4.79 Å². The molecule has 0 bridgehead atoms. The van der Waals surface area contributed by atoms with E-state index in [9.17, 15) is 10.1 Å². The number of nitriles is 1. The van der Waals surface area contributed by atoms with Crippen molar-refractivity contribution in [3.63, 3.8) is 0 Å². The van der Waals surface area contributed by atoms with Crippen LogP contribution >= 0.6 is 31.9 Å². The van der Waals surface area contributed by atoms with Crippen LogP contribution in [0.25, 0.3) is 0 Å². The molecule has 0 fully saturated rings. The Kier molecular flexibility index (Phi) is 4.74. The molecule has 2 nitrogen and oxygen atoms in total. The van der Waals surface area contributed by atoms with Gasteiger partial charge in [-0.25, -0.2) is 0 Å². The van der Waals surface area contributed by atoms with E-state index in [1.54, 1.807) is 18.2 Å². The van der Waals surface area contributed by atoms with Crippen molar-refractivity contribution in [3.8, 4) is 6.07 Å². The fraction of sp³-hybridized carbons (Fsp3) is 0.125. The van der Waals surface area contributed by atoms with E-state index in [1.807, 2.05) is 31.2 Å². The van der Waals surface area contributed by atoms with E-state index in [1.165, 1.54) is 0 Å². The van der Waals surface area contributed by atoms with Gasteiger partial charge < -0.3 is 0 Å². The summed E-state index contributed by atoms with van der Waals surface area (Å²) in [5.41, 5.74) is 2.21. The lowest BCUT2D eigenvalue weighted by atomic mass is 9.91. The molecule has 0 radical (unpaired) electrons. The first kappa shape index (κ1) is 15.0. The number of halogens is 2. The zero-order valence-electron chi connectivity index (χ0n) is 10.7. The number of Topliss-reactive ketones (excluding diaryl/α,β-unsaturated/α-hetero) is 1. The molecule has 2 aromatic carbocycles. The average molecular weight is 393 g/mol. The summed E-state index contributed by atoms with van der Waals surface area (Å²) in [5, 5.41) is 9.36. The molecule has 0 N–H and O–H groups in total. The van der Waals surface area contributed by atoms with Crippen molar-refractivity contribution in [2.45, 2.75) is 12.8 Å². The molecule has 0 aliphatic rings. The van der Waals surface area contributed by atoms with Crippen molar-refractivity contribution in [1.82, 2.24) is 0 Å². The number of rotatable bonds is 3. The van der Waals surface area contributed by atoms with Crippen LogP contribution in [0.2, 0.25) is 0 Å². The third kappa shape index (κ3) is 3.00. The number of aryl methyl sites for hydroxylation is 1. The maximum Gasteiger partial charge on any atom is 0.185 e. The van der Waals surface area contributed by atoms with Gasteiger partial charge in [0.05, 0.1) is 6.07 Å². The third-order valence-electron chi connectivity index (χ3n) is 3.03. The van der Waals surface area contributed by atoms with E-state index in [0.717, 1.165) is 14.5 Å². The van der Waals surface area contributed by atoms with Gasteiger partial charge in [0.15, 0.2) is 5.78 Å². The first-order chi connectivity index (χ1) is 9.54. The summed E-state index contributed by atoms with van der Waals surface area (Å²) < 4.78 is 1.60. The Morgan fingerprint density at radius 3 is 2.55 bits per heavy atom. The van der Waals surface area contributed by atoms with Crippen molar-refractivity contribution in [3.05, 3.63) is 68.1 Å². The molecule has 0 amide bonds. The van der Waals surface area contributed by atoms with Gasteiger partial charge in [-0.3, -0.25) is 4.79 Å². The Hall–Kier alpha value is -1.44. The van der Waals surface area contributed by atoms with Crippen LogP contribution < -0.4 is 0 Å². The number of carbonyl (C=O) groups excluding carboxylic acids is 1. The maximum atomic E-state index is 12.6. The van der Waals surface area contributed by atoms with Gasteiger partial charge >= 0.3 is 0 Å². The molecule has 0 spiro atoms. The molecule has 20 heavy (non-hydrogen) atoms. The van der Waals surface area contributed by atoms with Crippen molar-refractivity contribution >= 4 is 37.6 Å². The van der Waals surface area contributed by atoms with E-state index in [2.05, 4.69) is 37.9 Å². The molecule has 0 aliphatic heterocycles. The largest absolute Gasteiger partial charge is 0.292 e. The van der Waals surface area contributed by atoms with Crippen LogP contribution in [0.4, 0.5) is 0 Å². The van der Waals surface area contributed by atoms with Gasteiger partial charge in [0.2, 0.25) is 0 Å². The lowest BCUT2D eigenvalue weighted by molar-refractivity contribution is 0.0978. The fourth-order valence-corrected chi connectivity index (χ4v) is 2.84. The molecule has 0 aliphatic carbocycles. The van der Waals surface area contributed by atoms with E-state index in [-0.39, 0.29) is 5.78 Å². The first-order valence-corrected chi connectivity index (χ1v) is 7.57. The third-order valence-corrected chi connectivity index (χ3v) is 4.58. The van der Waals surface area contributed by atoms with Gasteiger partial charge in [-0.15, -0.1) is 0 Å². The smallest absolute Gasteiger partial charge is 0.185 e. The SMILES string of the molecule is Cc1cccc(C(=O)C(C#N)c2cccc(Br)c2)c1Br. The minimum Gasteiger partial charge on any atom is -0.292 e. The number of hydrogen-bond acceptors (Lipinski definition) is 2. The monoisotopic (exact) mass is 391 g/mol. The van der Waals surface area contributed by atoms with Gasteiger partial charge in [0, 0.05) is 14.5 Å². The van der Waals surface area contributed by atoms with Crippen LogP contribution in [0, 0.1) is 18.3 Å². The molecule has 2 aromatic rings. The summed E-state index contributed by atoms with van der Waals surface area (Å²) in [6.45, 7) is 1.92. The number of benzene rings is 2. The highest BCUT2D eigenvalue weighted by molar-refractivity contribution is 9.10. The molecule has 0 saturated heterocycles. The predicted octanol–water partition coefficient (Wildman–Crippen LogP) is 5.01. The molecule has 0 saturated carbocycles. The fourth-order valence-electron chi connectivity index (χ4n) is 1.96. The summed E-state index contributed by atoms with van der Waals surface area (Å²) in [6, 6.07) is 14.9. The molecular weight excluding hydrogens is 382 g/mol. The Morgan fingerprint density at radius 2 is 1.90 bits per heavy atom. The number of ketones is 1. The van der Waals surface area contributed by atoms with E-state index < -0.39 is 5.92 Å². The molecule has 1 atom stereocenters. The zero-order chi connectivity index (χ0) is 14.7. The molecule has 100 valence electrons. The van der Waals surface area contributed by atoms with Crippen LogP contribution in [-0.4, -0.2) is 5.78 Å². The molecule has 0 aromatic heterocycles. The maximum absolute atomic E-state index is 12.6. The second-order valence-electron chi connectivity index (χ2n) is 4.42. The summed E-state index contributed by atoms with van der Waals surface area (Å²) >= 11 is 6.79. The molecule has 0 heterocycles. The van der Waals surface area contributed by atoms with Crippen LogP contribution in [0.5, 0.6) is 0 Å². The van der Waals surface area contributed by atoms with Crippen LogP contribution in [0.15, 0.2) is 51.4 Å². The summed E-state index contributed by atoms with van der Waals surface area (Å²) in [5.74, 6) is -0.994. The van der Waals surface area contributed by atoms with Crippen LogP contribution in [0.3, 0.4) is 0 Å². The summed E-state index contributed by atoms with van der Waals surface area (Å²) in [7, 11) is 0. The topological polar surface area (TPSA) is 40.9 Å². The Morgan fingerprint density at radius 1 is 1.20 bits per heavy atom. The zero-order valence-corrected chi connectivity index (χ0v) is 13.9. The highest BCUT2D eigenvalue weighted by atomic mass is 79.9.